The molecule has 0 atom stereocenters. The molecule has 0 unspecified atom stereocenters. The van der Waals surface area contributed by atoms with Gasteiger partial charge in [0.1, 0.15) is 0 Å². The van der Waals surface area contributed by atoms with E-state index in [1.54, 1.807) is 0 Å². The van der Waals surface area contributed by atoms with Crippen LogP contribution in [0.5, 0.6) is 0 Å². The maximum atomic E-state index is 10.1. The van der Waals surface area contributed by atoms with Gasteiger partial charge in [0.25, 0.3) is 0 Å². The smallest absolute Gasteiger partial charge is 0.0826 e. The van der Waals surface area contributed by atoms with Crippen molar-refractivity contribution in [2.24, 2.45) is 5.73 Å². The first-order valence-electron chi connectivity index (χ1n) is 4.68. The molecule has 2 heteroatoms. The molecule has 0 bridgehead atoms. The zero-order valence-electron chi connectivity index (χ0n) is 6.97. The van der Waals surface area contributed by atoms with Gasteiger partial charge in [0.15, 0.2) is 0 Å². The lowest BCUT2D eigenvalue weighted by Gasteiger charge is -2.49. The monoisotopic (exact) mass is 155 g/mol. The Bertz CT molecular complexity index is 157. The molecule has 2 aliphatic rings. The van der Waals surface area contributed by atoms with Crippen molar-refractivity contribution in [1.29, 1.82) is 0 Å². The summed E-state index contributed by atoms with van der Waals surface area (Å²) in [5, 5.41) is 10.1. The van der Waals surface area contributed by atoms with Crippen LogP contribution in [0, 0.1) is 0 Å². The van der Waals surface area contributed by atoms with Gasteiger partial charge in [-0.3, -0.25) is 0 Å². The molecule has 0 heterocycles. The fourth-order valence-corrected chi connectivity index (χ4v) is 2.48. The molecule has 0 aromatic rings. The van der Waals surface area contributed by atoms with Crippen LogP contribution in [-0.4, -0.2) is 16.2 Å². The van der Waals surface area contributed by atoms with Gasteiger partial charge in [-0.2, -0.15) is 0 Å². The molecule has 64 valence electrons. The van der Waals surface area contributed by atoms with Crippen LogP contribution in [-0.2, 0) is 0 Å². The van der Waals surface area contributed by atoms with Crippen molar-refractivity contribution >= 4 is 0 Å². The number of hydrogen-bond acceptors (Lipinski definition) is 2. The van der Waals surface area contributed by atoms with Gasteiger partial charge in [0.2, 0.25) is 0 Å². The fourth-order valence-electron chi connectivity index (χ4n) is 2.48. The van der Waals surface area contributed by atoms with Gasteiger partial charge in [-0.05, 0) is 32.1 Å². The van der Waals surface area contributed by atoms with E-state index in [2.05, 4.69) is 0 Å². The summed E-state index contributed by atoms with van der Waals surface area (Å²) in [6.45, 7) is 0. The van der Waals surface area contributed by atoms with Gasteiger partial charge < -0.3 is 10.8 Å². The van der Waals surface area contributed by atoms with Crippen LogP contribution in [0.4, 0.5) is 0 Å². The van der Waals surface area contributed by atoms with E-state index < -0.39 is 5.60 Å². The van der Waals surface area contributed by atoms with Crippen LogP contribution >= 0.6 is 0 Å². The first kappa shape index (κ1) is 7.56. The molecule has 0 amide bonds. The summed E-state index contributed by atoms with van der Waals surface area (Å²) in [7, 11) is 0. The number of hydrogen-bond donors (Lipinski definition) is 2. The van der Waals surface area contributed by atoms with Crippen molar-refractivity contribution in [2.75, 3.05) is 0 Å². The van der Waals surface area contributed by atoms with Gasteiger partial charge in [0, 0.05) is 5.54 Å². The van der Waals surface area contributed by atoms with Crippen molar-refractivity contribution in [3.63, 3.8) is 0 Å². The molecule has 0 aliphatic heterocycles. The minimum atomic E-state index is -0.495. The second kappa shape index (κ2) is 2.20. The average molecular weight is 155 g/mol. The first-order valence-corrected chi connectivity index (χ1v) is 4.68. The summed E-state index contributed by atoms with van der Waals surface area (Å²) in [4.78, 5) is 0. The highest BCUT2D eigenvalue weighted by atomic mass is 16.3. The molecule has 0 saturated heterocycles. The molecular weight excluding hydrogens is 138 g/mol. The largest absolute Gasteiger partial charge is 0.388 e. The highest BCUT2D eigenvalue weighted by Crippen LogP contribution is 2.46. The summed E-state index contributed by atoms with van der Waals surface area (Å²) in [6, 6.07) is 0. The maximum absolute atomic E-state index is 10.1. The van der Waals surface area contributed by atoms with Crippen LogP contribution in [0.3, 0.4) is 0 Å². The lowest BCUT2D eigenvalue weighted by atomic mass is 9.65. The summed E-state index contributed by atoms with van der Waals surface area (Å²) in [5.41, 5.74) is 5.39. The van der Waals surface area contributed by atoms with Crippen molar-refractivity contribution in [2.45, 2.75) is 56.1 Å². The lowest BCUT2D eigenvalue weighted by Crippen LogP contribution is -2.63. The minimum absolute atomic E-state index is 0.205. The molecule has 2 rings (SSSR count). The SMILES string of the molecule is NC1(C2(O)CCCC2)CCC1. The second-order valence-electron chi connectivity index (χ2n) is 4.25. The van der Waals surface area contributed by atoms with E-state index in [0.717, 1.165) is 38.5 Å². The third kappa shape index (κ3) is 0.926. The summed E-state index contributed by atoms with van der Waals surface area (Å²) in [5.74, 6) is 0. The van der Waals surface area contributed by atoms with Crippen LogP contribution in [0.1, 0.15) is 44.9 Å². The molecule has 0 aromatic carbocycles. The Balaban J connectivity index is 2.11. The van der Waals surface area contributed by atoms with E-state index in [1.165, 1.54) is 6.42 Å². The highest BCUT2D eigenvalue weighted by Gasteiger charge is 2.52. The van der Waals surface area contributed by atoms with E-state index in [-0.39, 0.29) is 5.54 Å². The maximum Gasteiger partial charge on any atom is 0.0826 e. The van der Waals surface area contributed by atoms with Crippen molar-refractivity contribution in [3.8, 4) is 0 Å². The van der Waals surface area contributed by atoms with Gasteiger partial charge >= 0.3 is 0 Å². The van der Waals surface area contributed by atoms with E-state index in [1.807, 2.05) is 0 Å². The van der Waals surface area contributed by atoms with Crippen molar-refractivity contribution < 1.29 is 5.11 Å². The van der Waals surface area contributed by atoms with Gasteiger partial charge in [-0.15, -0.1) is 0 Å². The molecule has 2 saturated carbocycles. The summed E-state index contributed by atoms with van der Waals surface area (Å²) >= 11 is 0. The first-order chi connectivity index (χ1) is 5.16. The topological polar surface area (TPSA) is 46.2 Å². The number of aliphatic hydroxyl groups is 1. The van der Waals surface area contributed by atoms with Crippen LogP contribution in [0.2, 0.25) is 0 Å². The van der Waals surface area contributed by atoms with Crippen LogP contribution in [0.15, 0.2) is 0 Å². The molecular formula is C9H17NO. The predicted molar refractivity (Wildman–Crippen MR) is 44.2 cm³/mol. The fraction of sp³-hybridized carbons (Fsp3) is 1.00. The van der Waals surface area contributed by atoms with Crippen molar-refractivity contribution in [3.05, 3.63) is 0 Å². The average Bonchev–Trinajstić information content (AvgIpc) is 2.32. The lowest BCUT2D eigenvalue weighted by molar-refractivity contribution is -0.0649. The van der Waals surface area contributed by atoms with E-state index in [0.29, 0.717) is 0 Å². The Morgan fingerprint density at radius 1 is 0.909 bits per heavy atom. The molecule has 0 aromatic heterocycles. The normalized spacial score (nSPS) is 33.3. The van der Waals surface area contributed by atoms with Crippen LogP contribution in [0.25, 0.3) is 0 Å². The number of nitrogens with two attached hydrogens (primary N) is 1. The highest BCUT2D eigenvalue weighted by molar-refractivity contribution is 5.10. The molecule has 0 radical (unpaired) electrons. The Morgan fingerprint density at radius 3 is 1.82 bits per heavy atom. The Kier molecular flexibility index (Phi) is 1.52. The summed E-state index contributed by atoms with van der Waals surface area (Å²) in [6.07, 6.45) is 7.46. The van der Waals surface area contributed by atoms with Crippen molar-refractivity contribution in [1.82, 2.24) is 0 Å². The predicted octanol–water partition coefficient (Wildman–Crippen LogP) is 1.17. The van der Waals surface area contributed by atoms with Gasteiger partial charge in [-0.1, -0.05) is 12.8 Å². The van der Waals surface area contributed by atoms with Crippen LogP contribution < -0.4 is 5.73 Å². The molecule has 3 N–H and O–H groups in total. The number of rotatable bonds is 1. The zero-order valence-corrected chi connectivity index (χ0v) is 6.97. The molecule has 2 aliphatic carbocycles. The van der Waals surface area contributed by atoms with Gasteiger partial charge in [0.05, 0.1) is 5.60 Å². The van der Waals surface area contributed by atoms with Gasteiger partial charge in [-0.25, -0.2) is 0 Å². The van der Waals surface area contributed by atoms with E-state index in [4.69, 9.17) is 5.73 Å². The third-order valence-electron chi connectivity index (χ3n) is 3.60. The Hall–Kier alpha value is -0.0800. The quantitative estimate of drug-likeness (QED) is 0.597. The minimum Gasteiger partial charge on any atom is -0.388 e. The second-order valence-corrected chi connectivity index (χ2v) is 4.25. The van der Waals surface area contributed by atoms with E-state index in [9.17, 15) is 5.11 Å². The molecule has 0 spiro atoms. The standard InChI is InChI=1S/C9H17NO/c10-8(4-3-5-8)9(11)6-1-2-7-9/h11H,1-7,10H2. The Morgan fingerprint density at radius 2 is 1.45 bits per heavy atom. The Labute approximate surface area is 67.8 Å². The van der Waals surface area contributed by atoms with E-state index >= 15 is 0 Å². The molecule has 11 heavy (non-hydrogen) atoms. The third-order valence-corrected chi connectivity index (χ3v) is 3.60. The molecule has 2 fully saturated rings. The zero-order chi connectivity index (χ0) is 7.95. The molecule has 2 nitrogen and oxygen atoms in total. The summed E-state index contributed by atoms with van der Waals surface area (Å²) < 4.78 is 0.